The van der Waals surface area contributed by atoms with Crippen LogP contribution in [0.5, 0.6) is 5.75 Å². The summed E-state index contributed by atoms with van der Waals surface area (Å²) in [6.45, 7) is 4.98. The number of hydrogen-bond donors (Lipinski definition) is 0. The van der Waals surface area contributed by atoms with Crippen molar-refractivity contribution in [2.75, 3.05) is 12.4 Å². The molecule has 0 saturated carbocycles. The number of ether oxygens (including phenoxy) is 1. The summed E-state index contributed by atoms with van der Waals surface area (Å²) in [4.78, 5) is 29.5. The van der Waals surface area contributed by atoms with E-state index in [1.165, 1.54) is 4.90 Å². The topological polar surface area (TPSA) is 72.6 Å². The van der Waals surface area contributed by atoms with Crippen molar-refractivity contribution in [1.29, 1.82) is 0 Å². The molecule has 31 heavy (non-hydrogen) atoms. The van der Waals surface area contributed by atoms with Crippen LogP contribution >= 0.6 is 11.8 Å². The maximum Gasteiger partial charge on any atom is 1.00 e. The Hall–Kier alpha value is -1.54. The fourth-order valence-electron chi connectivity index (χ4n) is 3.75. The standard InChI is InChI=1S/C23H26N2O4S.Na.H/c1-16-19(24-21(29-16)23(2)11-4-3-5-12-23)10-13-28-18-8-6-17(7-9-18)14-25-20(26)15-30-22(25)27;;/h3-4,6-9H,5,10-15H2,1-2H3;;/q;+1;-1. The van der Waals surface area contributed by atoms with Crippen LogP contribution < -0.4 is 34.3 Å². The first-order valence-corrected chi connectivity index (χ1v) is 11.2. The molecule has 1 aromatic heterocycles. The van der Waals surface area contributed by atoms with Gasteiger partial charge in [0.05, 0.1) is 24.6 Å². The number of imide groups is 1. The Morgan fingerprint density at radius 2 is 2.03 bits per heavy atom. The van der Waals surface area contributed by atoms with Crippen LogP contribution in [0.1, 0.15) is 50.5 Å². The molecule has 1 aliphatic carbocycles. The Morgan fingerprint density at radius 1 is 1.26 bits per heavy atom. The molecule has 0 bridgehead atoms. The van der Waals surface area contributed by atoms with E-state index in [9.17, 15) is 9.59 Å². The second kappa shape index (κ2) is 10.4. The van der Waals surface area contributed by atoms with Crippen LogP contribution in [-0.2, 0) is 23.2 Å². The molecule has 2 amide bonds. The van der Waals surface area contributed by atoms with E-state index >= 15 is 0 Å². The van der Waals surface area contributed by atoms with E-state index in [1.807, 2.05) is 31.2 Å². The van der Waals surface area contributed by atoms with Gasteiger partial charge in [-0.05, 0) is 43.9 Å². The molecule has 1 unspecified atom stereocenters. The SMILES string of the molecule is Cc1oc(C2(C)CC=CCC2)nc1CCOc1ccc(CN2C(=O)CSC2=O)cc1.[H-].[Na+]. The van der Waals surface area contributed by atoms with Crippen molar-refractivity contribution >= 4 is 22.9 Å². The second-order valence-electron chi connectivity index (χ2n) is 8.07. The summed E-state index contributed by atoms with van der Waals surface area (Å²) in [6, 6.07) is 7.50. The van der Waals surface area contributed by atoms with E-state index in [4.69, 9.17) is 14.1 Å². The zero-order chi connectivity index (χ0) is 21.1. The van der Waals surface area contributed by atoms with Gasteiger partial charge >= 0.3 is 29.6 Å². The number of benzene rings is 1. The number of thioether (sulfide) groups is 1. The number of allylic oxidation sites excluding steroid dienone is 2. The van der Waals surface area contributed by atoms with E-state index < -0.39 is 0 Å². The van der Waals surface area contributed by atoms with Crippen molar-refractivity contribution in [3.63, 3.8) is 0 Å². The van der Waals surface area contributed by atoms with Crippen molar-refractivity contribution in [3.8, 4) is 5.75 Å². The Morgan fingerprint density at radius 3 is 2.68 bits per heavy atom. The minimum Gasteiger partial charge on any atom is -1.00 e. The number of oxazole rings is 1. The minimum atomic E-state index is -0.180. The maximum absolute atomic E-state index is 11.7. The smallest absolute Gasteiger partial charge is 1.00 e. The molecule has 1 fully saturated rings. The summed E-state index contributed by atoms with van der Waals surface area (Å²) in [6.07, 6.45) is 8.19. The third kappa shape index (κ3) is 5.64. The molecule has 4 rings (SSSR count). The van der Waals surface area contributed by atoms with Gasteiger partial charge in [-0.15, -0.1) is 0 Å². The number of aryl methyl sites for hydroxylation is 1. The number of carbonyl (C=O) groups is 2. The molecule has 2 aliphatic rings. The number of rotatable bonds is 7. The van der Waals surface area contributed by atoms with Crippen molar-refractivity contribution in [2.24, 2.45) is 0 Å². The third-order valence-corrected chi connectivity index (χ3v) is 6.58. The zero-order valence-electron chi connectivity index (χ0n) is 19.3. The normalized spacial score (nSPS) is 20.8. The summed E-state index contributed by atoms with van der Waals surface area (Å²) in [7, 11) is 0. The van der Waals surface area contributed by atoms with E-state index in [-0.39, 0.29) is 53.3 Å². The summed E-state index contributed by atoms with van der Waals surface area (Å²) in [5.41, 5.74) is 1.82. The molecular weight excluding hydrogens is 423 g/mol. The monoisotopic (exact) mass is 450 g/mol. The first kappa shape index (κ1) is 24.1. The van der Waals surface area contributed by atoms with Gasteiger partial charge in [-0.3, -0.25) is 14.5 Å². The molecule has 0 spiro atoms. The van der Waals surface area contributed by atoms with Crippen LogP contribution in [-0.4, -0.2) is 33.4 Å². The van der Waals surface area contributed by atoms with Crippen LogP contribution in [0.4, 0.5) is 4.79 Å². The van der Waals surface area contributed by atoms with Gasteiger partial charge in [0.25, 0.3) is 5.24 Å². The number of aromatic nitrogens is 1. The van der Waals surface area contributed by atoms with Gasteiger partial charge in [-0.2, -0.15) is 0 Å². The Balaban J connectivity index is 0.00000181. The molecule has 1 aliphatic heterocycles. The van der Waals surface area contributed by atoms with Gasteiger partial charge in [-0.25, -0.2) is 4.98 Å². The Kier molecular flexibility index (Phi) is 8.08. The Labute approximate surface area is 210 Å². The second-order valence-corrected chi connectivity index (χ2v) is 9.00. The molecule has 160 valence electrons. The number of amides is 2. The predicted molar refractivity (Wildman–Crippen MR) is 117 cm³/mol. The number of nitrogens with zero attached hydrogens (tertiary/aromatic N) is 2. The van der Waals surface area contributed by atoms with Crippen molar-refractivity contribution in [1.82, 2.24) is 9.88 Å². The summed E-state index contributed by atoms with van der Waals surface area (Å²) in [5, 5.41) is -0.180. The van der Waals surface area contributed by atoms with Gasteiger partial charge in [0.2, 0.25) is 11.8 Å². The first-order valence-electron chi connectivity index (χ1n) is 10.3. The summed E-state index contributed by atoms with van der Waals surface area (Å²) >= 11 is 1.05. The van der Waals surface area contributed by atoms with Gasteiger partial charge in [-0.1, -0.05) is 43.0 Å². The van der Waals surface area contributed by atoms with E-state index in [2.05, 4.69) is 19.1 Å². The molecule has 0 N–H and O–H groups in total. The summed E-state index contributed by atoms with van der Waals surface area (Å²) in [5.74, 6) is 2.54. The predicted octanol–water partition coefficient (Wildman–Crippen LogP) is 1.91. The van der Waals surface area contributed by atoms with Crippen molar-refractivity contribution in [2.45, 2.75) is 51.5 Å². The van der Waals surface area contributed by atoms with Crippen molar-refractivity contribution < 1.29 is 49.7 Å². The number of carbonyl (C=O) groups excluding carboxylic acids is 2. The van der Waals surface area contributed by atoms with E-state index in [1.54, 1.807) is 0 Å². The maximum atomic E-state index is 11.7. The largest absolute Gasteiger partial charge is 1.00 e. The van der Waals surface area contributed by atoms with Crippen LogP contribution in [0.25, 0.3) is 0 Å². The molecule has 8 heteroatoms. The molecule has 1 aromatic carbocycles. The quantitative estimate of drug-likeness (QED) is 0.474. The minimum absolute atomic E-state index is 0. The molecule has 2 heterocycles. The van der Waals surface area contributed by atoms with Gasteiger partial charge < -0.3 is 10.6 Å². The van der Waals surface area contributed by atoms with Crippen LogP contribution in [0, 0.1) is 6.92 Å². The van der Waals surface area contributed by atoms with Crippen LogP contribution in [0.3, 0.4) is 0 Å². The molecule has 6 nitrogen and oxygen atoms in total. The average Bonchev–Trinajstić information content (AvgIpc) is 3.27. The van der Waals surface area contributed by atoms with E-state index in [0.29, 0.717) is 19.6 Å². The molecule has 1 atom stereocenters. The fraction of sp³-hybridized carbons (Fsp3) is 0.435. The molecule has 1 saturated heterocycles. The molecule has 0 radical (unpaired) electrons. The van der Waals surface area contributed by atoms with Gasteiger partial charge in [0.15, 0.2) is 0 Å². The van der Waals surface area contributed by atoms with Gasteiger partial charge in [0.1, 0.15) is 11.5 Å². The van der Waals surface area contributed by atoms with Crippen LogP contribution in [0.15, 0.2) is 40.8 Å². The van der Waals surface area contributed by atoms with Crippen molar-refractivity contribution in [3.05, 3.63) is 59.3 Å². The molecule has 2 aromatic rings. The fourth-order valence-corrected chi connectivity index (χ4v) is 4.48. The average molecular weight is 451 g/mol. The van der Waals surface area contributed by atoms with Gasteiger partial charge in [0, 0.05) is 11.8 Å². The Bertz CT molecular complexity index is 963. The van der Waals surface area contributed by atoms with E-state index in [0.717, 1.165) is 59.7 Å². The summed E-state index contributed by atoms with van der Waals surface area (Å²) < 4.78 is 11.9. The third-order valence-electron chi connectivity index (χ3n) is 5.72. The van der Waals surface area contributed by atoms with Crippen LogP contribution in [0.2, 0.25) is 0 Å². The zero-order valence-corrected chi connectivity index (χ0v) is 21.2. The first-order chi connectivity index (χ1) is 14.4. The molecular formula is C23H27N2NaO4S. The number of hydrogen-bond acceptors (Lipinski definition) is 6.